The minimum absolute atomic E-state index is 0.0813. The highest BCUT2D eigenvalue weighted by molar-refractivity contribution is 7.89. The Morgan fingerprint density at radius 1 is 1.00 bits per heavy atom. The molecule has 2 fully saturated rings. The lowest BCUT2D eigenvalue weighted by molar-refractivity contribution is -0.122. The van der Waals surface area contributed by atoms with Crippen LogP contribution in [0.1, 0.15) is 69.8 Å². The van der Waals surface area contributed by atoms with Crippen molar-refractivity contribution >= 4 is 15.9 Å². The molecule has 1 aromatic carbocycles. The lowest BCUT2D eigenvalue weighted by Gasteiger charge is -2.34. The van der Waals surface area contributed by atoms with Gasteiger partial charge in [0.05, 0.1) is 12.0 Å². The summed E-state index contributed by atoms with van der Waals surface area (Å²) in [7, 11) is 3.17. The number of carbonyl (C=O) groups excluding carboxylic acids is 1. The number of nitrogens with zero attached hydrogens (tertiary/aromatic N) is 1. The molecule has 1 aromatic rings. The Balaban J connectivity index is 0.00000137. The number of sulfonamides is 1. The van der Waals surface area contributed by atoms with Crippen LogP contribution in [0.5, 0.6) is 5.75 Å². The van der Waals surface area contributed by atoms with Crippen LogP contribution in [-0.4, -0.2) is 71.6 Å². The van der Waals surface area contributed by atoms with Crippen LogP contribution in [0.15, 0.2) is 23.1 Å². The van der Waals surface area contributed by atoms with Crippen molar-refractivity contribution in [1.82, 2.24) is 20.3 Å². The van der Waals surface area contributed by atoms with Crippen LogP contribution >= 0.6 is 0 Å². The Morgan fingerprint density at radius 3 is 2.14 bits per heavy atom. The van der Waals surface area contributed by atoms with Gasteiger partial charge in [-0.15, -0.1) is 0 Å². The first-order chi connectivity index (χ1) is 16.7. The molecule has 0 radical (unpaired) electrons. The molecule has 1 amide bonds. The van der Waals surface area contributed by atoms with Gasteiger partial charge in [0.25, 0.3) is 0 Å². The molecule has 0 unspecified atom stereocenters. The van der Waals surface area contributed by atoms with Crippen molar-refractivity contribution in [3.05, 3.63) is 23.8 Å². The third-order valence-electron chi connectivity index (χ3n) is 6.89. The van der Waals surface area contributed by atoms with E-state index in [1.54, 1.807) is 32.2 Å². The molecule has 2 aliphatic rings. The Morgan fingerprint density at radius 2 is 1.57 bits per heavy atom. The van der Waals surface area contributed by atoms with E-state index in [-0.39, 0.29) is 29.8 Å². The smallest absolute Gasteiger partial charge is 0.243 e. The normalized spacial score (nSPS) is 21.2. The number of rotatable bonds is 9. The second kappa shape index (κ2) is 14.8. The van der Waals surface area contributed by atoms with E-state index in [1.165, 1.54) is 43.5 Å². The average molecular weight is 511 g/mol. The summed E-state index contributed by atoms with van der Waals surface area (Å²) in [5.41, 5.74) is 0.624. The quantitative estimate of drug-likeness (QED) is 0.472. The van der Waals surface area contributed by atoms with Gasteiger partial charge in [0.15, 0.2) is 0 Å². The zero-order valence-corrected chi connectivity index (χ0v) is 23.0. The molecule has 0 bridgehead atoms. The first-order valence-corrected chi connectivity index (χ1v) is 14.4. The van der Waals surface area contributed by atoms with E-state index in [0.29, 0.717) is 23.4 Å². The molecule has 0 saturated heterocycles. The number of ether oxygens (including phenoxy) is 1. The Labute approximate surface area is 212 Å². The maximum Gasteiger partial charge on any atom is 0.243 e. The summed E-state index contributed by atoms with van der Waals surface area (Å²) in [6, 6.07) is 6.33. The van der Waals surface area contributed by atoms with Crippen LogP contribution in [0, 0.1) is 6.92 Å². The largest absolute Gasteiger partial charge is 0.497 e. The molecular weight excluding hydrogens is 464 g/mol. The second-order valence-electron chi connectivity index (χ2n) is 9.83. The highest BCUT2D eigenvalue weighted by Gasteiger charge is 2.26. The number of nitrogens with one attached hydrogen (secondary N) is 3. The van der Waals surface area contributed by atoms with Crippen LogP contribution < -0.4 is 20.7 Å². The summed E-state index contributed by atoms with van der Waals surface area (Å²) >= 11 is 0. The van der Waals surface area contributed by atoms with E-state index in [1.807, 2.05) is 14.1 Å². The van der Waals surface area contributed by atoms with E-state index >= 15 is 0 Å². The van der Waals surface area contributed by atoms with Gasteiger partial charge in [0.2, 0.25) is 15.9 Å². The van der Waals surface area contributed by atoms with Gasteiger partial charge in [-0.05, 0) is 83.3 Å². The molecule has 0 aromatic heterocycles. The van der Waals surface area contributed by atoms with Crippen LogP contribution in [-0.2, 0) is 14.8 Å². The third-order valence-corrected chi connectivity index (χ3v) is 8.91. The fourth-order valence-corrected chi connectivity index (χ4v) is 6.27. The monoisotopic (exact) mass is 510 g/mol. The number of amides is 1. The average Bonchev–Trinajstić information content (AvgIpc) is 2.84. The van der Waals surface area contributed by atoms with Gasteiger partial charge in [-0.1, -0.05) is 19.3 Å². The van der Waals surface area contributed by atoms with E-state index in [0.717, 1.165) is 25.7 Å². The maximum atomic E-state index is 12.9. The SMILES string of the molecule is CNC.COc1ccc(S(=O)(=O)N(C)CCC(=O)NC2CCC(NC3CCCCC3)CC2)c(C)c1. The first-order valence-electron chi connectivity index (χ1n) is 13.0. The topological polar surface area (TPSA) is 99.8 Å². The number of methoxy groups -OCH3 is 1. The van der Waals surface area contributed by atoms with Crippen molar-refractivity contribution in [2.24, 2.45) is 0 Å². The molecular formula is C26H46N4O4S. The molecule has 0 atom stereocenters. The van der Waals surface area contributed by atoms with Crippen LogP contribution in [0.4, 0.5) is 0 Å². The summed E-state index contributed by atoms with van der Waals surface area (Å²) in [5.74, 6) is 0.536. The third kappa shape index (κ3) is 9.37. The van der Waals surface area contributed by atoms with Crippen LogP contribution in [0.2, 0.25) is 0 Å². The number of carbonyl (C=O) groups is 1. The zero-order valence-electron chi connectivity index (χ0n) is 22.2. The zero-order chi connectivity index (χ0) is 25.8. The number of hydrogen-bond acceptors (Lipinski definition) is 6. The van der Waals surface area contributed by atoms with Gasteiger partial charge in [-0.2, -0.15) is 0 Å². The summed E-state index contributed by atoms with van der Waals surface area (Å²) in [6.07, 6.45) is 10.9. The summed E-state index contributed by atoms with van der Waals surface area (Å²) in [6.45, 7) is 1.90. The van der Waals surface area contributed by atoms with Crippen molar-refractivity contribution in [2.75, 3.05) is 34.8 Å². The highest BCUT2D eigenvalue weighted by Crippen LogP contribution is 2.25. The van der Waals surface area contributed by atoms with Crippen LogP contribution in [0.25, 0.3) is 0 Å². The molecule has 35 heavy (non-hydrogen) atoms. The molecule has 200 valence electrons. The van der Waals surface area contributed by atoms with E-state index < -0.39 is 10.0 Å². The number of benzene rings is 1. The fraction of sp³-hybridized carbons (Fsp3) is 0.731. The molecule has 0 heterocycles. The Kier molecular flexibility index (Phi) is 12.5. The van der Waals surface area contributed by atoms with Crippen molar-refractivity contribution in [2.45, 2.75) is 94.2 Å². The van der Waals surface area contributed by atoms with Crippen molar-refractivity contribution in [3.8, 4) is 5.75 Å². The van der Waals surface area contributed by atoms with Gasteiger partial charge >= 0.3 is 0 Å². The van der Waals surface area contributed by atoms with Crippen LogP contribution in [0.3, 0.4) is 0 Å². The van der Waals surface area contributed by atoms with E-state index in [2.05, 4.69) is 16.0 Å². The standard InChI is InChI=1S/C24H39N3O4S.C2H7N/c1-18-17-22(31-3)13-14-23(18)32(29,30)27(2)16-15-24(28)26-21-11-9-20(10-12-21)25-19-7-5-4-6-8-19;1-3-2/h13-14,17,19-21,25H,4-12,15-16H2,1-3H3,(H,26,28);3H,1-2H3. The summed E-state index contributed by atoms with van der Waals surface area (Å²) in [5, 5.41) is 9.68. The lowest BCUT2D eigenvalue weighted by Crippen LogP contribution is -2.46. The predicted molar refractivity (Wildman–Crippen MR) is 141 cm³/mol. The molecule has 0 aliphatic heterocycles. The van der Waals surface area contributed by atoms with Crippen molar-refractivity contribution in [3.63, 3.8) is 0 Å². The van der Waals surface area contributed by atoms with Gasteiger partial charge < -0.3 is 20.7 Å². The minimum atomic E-state index is -3.66. The molecule has 2 aliphatic carbocycles. The number of aryl methyl sites for hydroxylation is 1. The number of hydrogen-bond donors (Lipinski definition) is 3. The van der Waals surface area contributed by atoms with Gasteiger partial charge in [-0.3, -0.25) is 4.79 Å². The predicted octanol–water partition coefficient (Wildman–Crippen LogP) is 3.20. The maximum absolute atomic E-state index is 12.9. The van der Waals surface area contributed by atoms with E-state index in [4.69, 9.17) is 4.74 Å². The van der Waals surface area contributed by atoms with E-state index in [9.17, 15) is 13.2 Å². The fourth-order valence-electron chi connectivity index (χ4n) is 4.89. The van der Waals surface area contributed by atoms with Crippen molar-refractivity contribution < 1.29 is 17.9 Å². The second-order valence-corrected chi connectivity index (χ2v) is 11.8. The molecule has 2 saturated carbocycles. The molecule has 3 N–H and O–H groups in total. The molecule has 0 spiro atoms. The molecule has 8 nitrogen and oxygen atoms in total. The highest BCUT2D eigenvalue weighted by atomic mass is 32.2. The van der Waals surface area contributed by atoms with Crippen molar-refractivity contribution in [1.29, 1.82) is 0 Å². The first kappa shape index (κ1) is 29.5. The molecule has 3 rings (SSSR count). The minimum Gasteiger partial charge on any atom is -0.497 e. The van der Waals surface area contributed by atoms with Gasteiger partial charge in [0.1, 0.15) is 5.75 Å². The lowest BCUT2D eigenvalue weighted by atomic mass is 9.88. The van der Waals surface area contributed by atoms with Gasteiger partial charge in [0, 0.05) is 38.1 Å². The molecule has 9 heteroatoms. The Hall–Kier alpha value is -1.68. The summed E-state index contributed by atoms with van der Waals surface area (Å²) in [4.78, 5) is 12.7. The summed E-state index contributed by atoms with van der Waals surface area (Å²) < 4.78 is 32.2. The Bertz CT molecular complexity index is 879. The van der Waals surface area contributed by atoms with Gasteiger partial charge in [-0.25, -0.2) is 12.7 Å².